The molecule has 1 fully saturated rings. The Bertz CT molecular complexity index is 604. The second-order valence-electron chi connectivity index (χ2n) is 5.88. The molecule has 1 radical (unpaired) electrons. The Morgan fingerprint density at radius 1 is 1.23 bits per heavy atom. The van der Waals surface area contributed by atoms with Crippen molar-refractivity contribution in [3.63, 3.8) is 0 Å². The minimum absolute atomic E-state index is 0.121. The monoisotopic (exact) mass is 295 g/mol. The van der Waals surface area contributed by atoms with Crippen LogP contribution in [-0.4, -0.2) is 33.8 Å². The maximum Gasteiger partial charge on any atom is 0.0969 e. The molecule has 2 aromatic rings. The molecular formula is C19H23N2O. The van der Waals surface area contributed by atoms with Crippen molar-refractivity contribution in [1.82, 2.24) is 5.32 Å². The van der Waals surface area contributed by atoms with Gasteiger partial charge in [-0.3, -0.25) is 0 Å². The fourth-order valence-corrected chi connectivity index (χ4v) is 3.04. The molecule has 3 heteroatoms. The smallest absolute Gasteiger partial charge is 0.0969 e. The molecule has 0 aromatic heterocycles. The number of anilines is 1. The van der Waals surface area contributed by atoms with Crippen LogP contribution in [0, 0.1) is 6.07 Å². The van der Waals surface area contributed by atoms with E-state index in [0.29, 0.717) is 0 Å². The van der Waals surface area contributed by atoms with E-state index >= 15 is 0 Å². The third-order valence-corrected chi connectivity index (χ3v) is 4.03. The molecule has 115 valence electrons. The van der Waals surface area contributed by atoms with Gasteiger partial charge in [-0.25, -0.2) is 0 Å². The van der Waals surface area contributed by atoms with Crippen molar-refractivity contribution in [1.29, 1.82) is 0 Å². The number of nitrogens with one attached hydrogen (secondary N) is 1. The molecule has 22 heavy (non-hydrogen) atoms. The number of morpholine rings is 1. The molecule has 0 saturated carbocycles. The zero-order chi connectivity index (χ0) is 15.4. The predicted molar refractivity (Wildman–Crippen MR) is 90.4 cm³/mol. The molecule has 2 aromatic carbocycles. The zero-order valence-corrected chi connectivity index (χ0v) is 13.3. The first-order chi connectivity index (χ1) is 10.8. The Labute approximate surface area is 132 Å². The van der Waals surface area contributed by atoms with Crippen LogP contribution in [0.2, 0.25) is 0 Å². The first kappa shape index (κ1) is 15.1. The summed E-state index contributed by atoms with van der Waals surface area (Å²) in [6, 6.07) is 18.2. The van der Waals surface area contributed by atoms with Crippen LogP contribution >= 0.6 is 0 Å². The maximum absolute atomic E-state index is 5.96. The molecule has 1 saturated heterocycles. The average molecular weight is 295 g/mol. The Morgan fingerprint density at radius 2 is 2.05 bits per heavy atom. The van der Waals surface area contributed by atoms with Crippen LogP contribution in [0.1, 0.15) is 22.8 Å². The summed E-state index contributed by atoms with van der Waals surface area (Å²) >= 11 is 0. The minimum atomic E-state index is 0.121. The second kappa shape index (κ2) is 6.95. The van der Waals surface area contributed by atoms with Crippen LogP contribution in [-0.2, 0) is 11.2 Å². The molecule has 0 bridgehead atoms. The van der Waals surface area contributed by atoms with Crippen LogP contribution in [0.3, 0.4) is 0 Å². The standard InChI is InChI=1S/C19H23N2O/c1-21(2)19-16(13-15-7-4-3-5-8-15)9-6-10-17(19)18-14-20-11-12-22-18/h3-8,10,18,20H,11-14H2,1-2H3. The Hall–Kier alpha value is -1.84. The largest absolute Gasteiger partial charge is 0.377 e. The molecule has 3 nitrogen and oxygen atoms in total. The molecule has 1 unspecified atom stereocenters. The van der Waals surface area contributed by atoms with Gasteiger partial charge in [-0.05, 0) is 17.2 Å². The molecule has 1 heterocycles. The summed E-state index contributed by atoms with van der Waals surface area (Å²) in [5, 5.41) is 3.41. The molecule has 3 rings (SSSR count). The fraction of sp³-hybridized carbons (Fsp3) is 0.368. The molecule has 1 atom stereocenters. The van der Waals surface area contributed by atoms with Gasteiger partial charge in [0, 0.05) is 44.9 Å². The molecule has 0 spiro atoms. The predicted octanol–water partition coefficient (Wildman–Crippen LogP) is 2.80. The Balaban J connectivity index is 1.95. The molecule has 1 aliphatic rings. The number of hydrogen-bond donors (Lipinski definition) is 1. The lowest BCUT2D eigenvalue weighted by molar-refractivity contribution is 0.0280. The summed E-state index contributed by atoms with van der Waals surface area (Å²) in [4.78, 5) is 2.18. The Kier molecular flexibility index (Phi) is 4.76. The molecule has 0 aliphatic carbocycles. The highest BCUT2D eigenvalue weighted by Gasteiger charge is 2.21. The first-order valence-corrected chi connectivity index (χ1v) is 7.82. The van der Waals surface area contributed by atoms with E-state index in [4.69, 9.17) is 4.74 Å². The number of benzene rings is 2. The summed E-state index contributed by atoms with van der Waals surface area (Å²) in [5.74, 6) is 0. The van der Waals surface area contributed by atoms with Crippen molar-refractivity contribution in [3.05, 3.63) is 65.2 Å². The first-order valence-electron chi connectivity index (χ1n) is 7.82. The highest BCUT2D eigenvalue weighted by Crippen LogP contribution is 2.32. The normalized spacial score (nSPS) is 18.2. The van der Waals surface area contributed by atoms with E-state index < -0.39 is 0 Å². The third-order valence-electron chi connectivity index (χ3n) is 4.03. The van der Waals surface area contributed by atoms with Gasteiger partial charge in [0.15, 0.2) is 0 Å². The van der Waals surface area contributed by atoms with E-state index in [1.807, 2.05) is 6.07 Å². The van der Waals surface area contributed by atoms with Gasteiger partial charge >= 0.3 is 0 Å². The van der Waals surface area contributed by atoms with Gasteiger partial charge in [0.1, 0.15) is 0 Å². The van der Waals surface area contributed by atoms with Gasteiger partial charge in [-0.15, -0.1) is 0 Å². The third kappa shape index (κ3) is 3.32. The highest BCUT2D eigenvalue weighted by molar-refractivity contribution is 5.60. The Morgan fingerprint density at radius 3 is 2.73 bits per heavy atom. The van der Waals surface area contributed by atoms with Gasteiger partial charge in [-0.1, -0.05) is 42.5 Å². The summed E-state index contributed by atoms with van der Waals surface area (Å²) in [6.45, 7) is 2.57. The quantitative estimate of drug-likeness (QED) is 0.938. The molecule has 0 amide bonds. The van der Waals surface area contributed by atoms with E-state index in [9.17, 15) is 0 Å². The van der Waals surface area contributed by atoms with Crippen molar-refractivity contribution in [3.8, 4) is 0 Å². The summed E-state index contributed by atoms with van der Waals surface area (Å²) < 4.78 is 5.96. The van der Waals surface area contributed by atoms with Gasteiger partial charge in [-0.2, -0.15) is 0 Å². The number of rotatable bonds is 4. The van der Waals surface area contributed by atoms with Crippen molar-refractivity contribution in [2.45, 2.75) is 12.5 Å². The molecule has 1 aliphatic heterocycles. The molecule has 1 N–H and O–H groups in total. The topological polar surface area (TPSA) is 24.5 Å². The van der Waals surface area contributed by atoms with E-state index in [1.165, 1.54) is 22.4 Å². The number of nitrogens with zero attached hydrogens (tertiary/aromatic N) is 1. The lowest BCUT2D eigenvalue weighted by Crippen LogP contribution is -2.34. The SMILES string of the molecule is CN(C)c1c(Cc2ccccc2)[c]ccc1C1CNCCO1. The number of hydrogen-bond acceptors (Lipinski definition) is 3. The minimum Gasteiger partial charge on any atom is -0.377 e. The lowest BCUT2D eigenvalue weighted by Gasteiger charge is -2.29. The van der Waals surface area contributed by atoms with Crippen LogP contribution < -0.4 is 10.2 Å². The average Bonchev–Trinajstić information content (AvgIpc) is 2.56. The van der Waals surface area contributed by atoms with Crippen LogP contribution in [0.15, 0.2) is 42.5 Å². The second-order valence-corrected chi connectivity index (χ2v) is 5.88. The van der Waals surface area contributed by atoms with E-state index in [2.05, 4.69) is 66.8 Å². The van der Waals surface area contributed by atoms with E-state index in [0.717, 1.165) is 26.1 Å². The highest BCUT2D eigenvalue weighted by atomic mass is 16.5. The van der Waals surface area contributed by atoms with Gasteiger partial charge in [0.2, 0.25) is 0 Å². The fourth-order valence-electron chi connectivity index (χ4n) is 3.04. The lowest BCUT2D eigenvalue weighted by atomic mass is 9.96. The molecular weight excluding hydrogens is 272 g/mol. The summed E-state index contributed by atoms with van der Waals surface area (Å²) in [7, 11) is 4.19. The number of ether oxygens (including phenoxy) is 1. The van der Waals surface area contributed by atoms with Gasteiger partial charge in [0.25, 0.3) is 0 Å². The van der Waals surface area contributed by atoms with E-state index in [1.54, 1.807) is 0 Å². The van der Waals surface area contributed by atoms with Crippen LogP contribution in [0.4, 0.5) is 5.69 Å². The van der Waals surface area contributed by atoms with Crippen molar-refractivity contribution in [2.75, 3.05) is 38.7 Å². The summed E-state index contributed by atoms with van der Waals surface area (Å²) in [6.07, 6.45) is 1.01. The van der Waals surface area contributed by atoms with Crippen molar-refractivity contribution >= 4 is 5.69 Å². The van der Waals surface area contributed by atoms with Crippen molar-refractivity contribution in [2.24, 2.45) is 0 Å². The van der Waals surface area contributed by atoms with Crippen LogP contribution in [0.25, 0.3) is 0 Å². The zero-order valence-electron chi connectivity index (χ0n) is 13.3. The van der Waals surface area contributed by atoms with Crippen molar-refractivity contribution < 1.29 is 4.74 Å². The van der Waals surface area contributed by atoms with E-state index in [-0.39, 0.29) is 6.10 Å². The van der Waals surface area contributed by atoms with Gasteiger partial charge in [0.05, 0.1) is 12.7 Å². The maximum atomic E-state index is 5.96. The van der Waals surface area contributed by atoms with Crippen LogP contribution in [0.5, 0.6) is 0 Å². The van der Waals surface area contributed by atoms with Gasteiger partial charge < -0.3 is 15.0 Å². The summed E-state index contributed by atoms with van der Waals surface area (Å²) in [5.41, 5.74) is 5.02.